The molecule has 0 saturated carbocycles. The number of carbonyl (C=O) groups is 1. The van der Waals surface area contributed by atoms with Gasteiger partial charge in [-0.25, -0.2) is 8.42 Å². The second-order valence-electron chi connectivity index (χ2n) is 4.78. The van der Waals surface area contributed by atoms with Crippen molar-refractivity contribution < 1.29 is 18.4 Å². The minimum absolute atomic E-state index is 0.181. The van der Waals surface area contributed by atoms with Crippen molar-refractivity contribution in [3.8, 4) is 0 Å². The molecule has 1 aromatic rings. The topological polar surface area (TPSA) is 99.1 Å². The van der Waals surface area contributed by atoms with Crippen molar-refractivity contribution in [3.05, 3.63) is 24.3 Å². The van der Waals surface area contributed by atoms with Gasteiger partial charge in [-0.05, 0) is 24.3 Å². The number of nitrogens with one attached hydrogen (secondary N) is 1. The average Bonchev–Trinajstić information content (AvgIpc) is 2.47. The molecule has 21 heavy (non-hydrogen) atoms. The van der Waals surface area contributed by atoms with Crippen LogP contribution in [-0.2, 0) is 14.8 Å². The SMILES string of the molecule is CC(=O)Nc1ccc(S(=O)(=O)N2CCC(=NO)CC2)cc1. The van der Waals surface area contributed by atoms with E-state index in [1.54, 1.807) is 12.1 Å². The Morgan fingerprint density at radius 3 is 2.29 bits per heavy atom. The molecule has 0 bridgehead atoms. The molecule has 0 atom stereocenters. The maximum atomic E-state index is 12.5. The summed E-state index contributed by atoms with van der Waals surface area (Å²) in [6.45, 7) is 1.99. The van der Waals surface area contributed by atoms with Gasteiger partial charge in [-0.15, -0.1) is 0 Å². The molecule has 7 nitrogen and oxygen atoms in total. The first-order chi connectivity index (χ1) is 9.93. The number of nitrogens with zero attached hydrogens (tertiary/aromatic N) is 2. The highest BCUT2D eigenvalue weighted by molar-refractivity contribution is 7.89. The molecule has 1 aliphatic heterocycles. The zero-order chi connectivity index (χ0) is 15.5. The number of sulfonamides is 1. The van der Waals surface area contributed by atoms with E-state index in [9.17, 15) is 13.2 Å². The monoisotopic (exact) mass is 311 g/mol. The van der Waals surface area contributed by atoms with E-state index < -0.39 is 10.0 Å². The summed E-state index contributed by atoms with van der Waals surface area (Å²) in [6.07, 6.45) is 0.861. The lowest BCUT2D eigenvalue weighted by Crippen LogP contribution is -2.38. The van der Waals surface area contributed by atoms with Crippen LogP contribution in [0, 0.1) is 0 Å². The second-order valence-corrected chi connectivity index (χ2v) is 6.71. The molecule has 2 rings (SSSR count). The number of hydrogen-bond acceptors (Lipinski definition) is 5. The minimum Gasteiger partial charge on any atom is -0.411 e. The number of hydrogen-bond donors (Lipinski definition) is 2. The van der Waals surface area contributed by atoms with Crippen molar-refractivity contribution >= 4 is 27.3 Å². The predicted molar refractivity (Wildman–Crippen MR) is 78.0 cm³/mol. The van der Waals surface area contributed by atoms with E-state index in [0.717, 1.165) is 0 Å². The number of oxime groups is 1. The van der Waals surface area contributed by atoms with E-state index in [4.69, 9.17) is 5.21 Å². The van der Waals surface area contributed by atoms with Gasteiger partial charge in [-0.3, -0.25) is 4.79 Å². The molecule has 0 radical (unpaired) electrons. The molecule has 2 N–H and O–H groups in total. The van der Waals surface area contributed by atoms with E-state index in [1.165, 1.54) is 23.4 Å². The Kier molecular flexibility index (Phi) is 4.59. The molecule has 1 saturated heterocycles. The van der Waals surface area contributed by atoms with Gasteiger partial charge in [0.1, 0.15) is 0 Å². The first-order valence-electron chi connectivity index (χ1n) is 6.51. The zero-order valence-corrected chi connectivity index (χ0v) is 12.4. The van der Waals surface area contributed by atoms with Gasteiger partial charge in [-0.1, -0.05) is 5.16 Å². The Morgan fingerprint density at radius 1 is 1.24 bits per heavy atom. The molecule has 1 aliphatic rings. The first kappa shape index (κ1) is 15.5. The second kappa shape index (κ2) is 6.23. The summed E-state index contributed by atoms with van der Waals surface area (Å²) in [5, 5.41) is 14.4. The Morgan fingerprint density at radius 2 is 1.81 bits per heavy atom. The molecule has 114 valence electrons. The molecule has 1 amide bonds. The molecular weight excluding hydrogens is 294 g/mol. The summed E-state index contributed by atoms with van der Waals surface area (Å²) < 4.78 is 26.3. The zero-order valence-electron chi connectivity index (χ0n) is 11.6. The van der Waals surface area contributed by atoms with Gasteiger partial charge in [0.25, 0.3) is 0 Å². The summed E-state index contributed by atoms with van der Waals surface area (Å²) in [4.78, 5) is 11.1. The van der Waals surface area contributed by atoms with Crippen LogP contribution < -0.4 is 5.32 Å². The van der Waals surface area contributed by atoms with Crippen molar-refractivity contribution in [1.29, 1.82) is 0 Å². The molecule has 0 aromatic heterocycles. The minimum atomic E-state index is -3.55. The molecular formula is C13H17N3O4S. The van der Waals surface area contributed by atoms with Gasteiger partial charge in [0.05, 0.1) is 10.6 Å². The number of amides is 1. The number of piperidine rings is 1. The third kappa shape index (κ3) is 3.59. The largest absolute Gasteiger partial charge is 0.411 e. The van der Waals surface area contributed by atoms with E-state index in [1.807, 2.05) is 0 Å². The Labute approximate surface area is 123 Å². The number of benzene rings is 1. The van der Waals surface area contributed by atoms with Gasteiger partial charge in [-0.2, -0.15) is 4.31 Å². The number of carbonyl (C=O) groups excluding carboxylic acids is 1. The van der Waals surface area contributed by atoms with Crippen molar-refractivity contribution in [2.45, 2.75) is 24.7 Å². The van der Waals surface area contributed by atoms with E-state index in [-0.39, 0.29) is 10.8 Å². The lowest BCUT2D eigenvalue weighted by atomic mass is 10.1. The van der Waals surface area contributed by atoms with Crippen LogP contribution >= 0.6 is 0 Å². The molecule has 0 aliphatic carbocycles. The van der Waals surface area contributed by atoms with E-state index >= 15 is 0 Å². The normalized spacial score (nSPS) is 16.5. The maximum absolute atomic E-state index is 12.5. The van der Waals surface area contributed by atoms with Crippen LogP contribution in [0.3, 0.4) is 0 Å². The predicted octanol–water partition coefficient (Wildman–Crippen LogP) is 1.26. The fraction of sp³-hybridized carbons (Fsp3) is 0.385. The molecule has 8 heteroatoms. The average molecular weight is 311 g/mol. The first-order valence-corrected chi connectivity index (χ1v) is 7.95. The highest BCUT2D eigenvalue weighted by Gasteiger charge is 2.27. The fourth-order valence-corrected chi connectivity index (χ4v) is 3.59. The molecule has 1 heterocycles. The Balaban J connectivity index is 2.14. The number of anilines is 1. The van der Waals surface area contributed by atoms with Gasteiger partial charge < -0.3 is 10.5 Å². The summed E-state index contributed by atoms with van der Waals surface area (Å²) in [5.74, 6) is -0.211. The van der Waals surface area contributed by atoms with Crippen LogP contribution in [0.2, 0.25) is 0 Å². The van der Waals surface area contributed by atoms with Crippen molar-refractivity contribution in [2.75, 3.05) is 18.4 Å². The van der Waals surface area contributed by atoms with Crippen LogP contribution in [-0.4, -0.2) is 42.6 Å². The molecule has 0 unspecified atom stereocenters. The summed E-state index contributed by atoms with van der Waals surface area (Å²) >= 11 is 0. The Hall–Kier alpha value is -1.93. The van der Waals surface area contributed by atoms with Crippen LogP contribution in [0.15, 0.2) is 34.3 Å². The van der Waals surface area contributed by atoms with Crippen molar-refractivity contribution in [3.63, 3.8) is 0 Å². The smallest absolute Gasteiger partial charge is 0.243 e. The molecule has 0 spiro atoms. The summed E-state index contributed by atoms with van der Waals surface area (Å²) in [5.41, 5.74) is 1.16. The van der Waals surface area contributed by atoms with Crippen LogP contribution in [0.25, 0.3) is 0 Å². The Bertz CT molecular complexity index is 642. The highest BCUT2D eigenvalue weighted by Crippen LogP contribution is 2.21. The summed E-state index contributed by atoms with van der Waals surface area (Å²) in [7, 11) is -3.55. The van der Waals surface area contributed by atoms with Crippen LogP contribution in [0.1, 0.15) is 19.8 Å². The standard InChI is InChI=1S/C13H17N3O4S/c1-10(17)14-11-2-4-13(5-3-11)21(19,20)16-8-6-12(15-18)7-9-16/h2-5,18H,6-9H2,1H3,(H,14,17). The van der Waals surface area contributed by atoms with Crippen LogP contribution in [0.5, 0.6) is 0 Å². The quantitative estimate of drug-likeness (QED) is 0.648. The summed E-state index contributed by atoms with van der Waals surface area (Å²) in [6, 6.07) is 6.05. The van der Waals surface area contributed by atoms with Gasteiger partial charge in [0, 0.05) is 38.5 Å². The van der Waals surface area contributed by atoms with Gasteiger partial charge in [0.2, 0.25) is 15.9 Å². The van der Waals surface area contributed by atoms with Crippen molar-refractivity contribution in [1.82, 2.24) is 4.31 Å². The van der Waals surface area contributed by atoms with Crippen LogP contribution in [0.4, 0.5) is 5.69 Å². The van der Waals surface area contributed by atoms with E-state index in [0.29, 0.717) is 37.3 Å². The molecule has 1 aromatic carbocycles. The number of rotatable bonds is 3. The van der Waals surface area contributed by atoms with Gasteiger partial charge in [0.15, 0.2) is 0 Å². The van der Waals surface area contributed by atoms with E-state index in [2.05, 4.69) is 10.5 Å². The third-order valence-electron chi connectivity index (χ3n) is 3.25. The third-order valence-corrected chi connectivity index (χ3v) is 5.17. The lowest BCUT2D eigenvalue weighted by molar-refractivity contribution is -0.114. The van der Waals surface area contributed by atoms with Crippen molar-refractivity contribution in [2.24, 2.45) is 5.16 Å². The molecule has 1 fully saturated rings. The fourth-order valence-electron chi connectivity index (χ4n) is 2.15. The van der Waals surface area contributed by atoms with Gasteiger partial charge >= 0.3 is 0 Å². The lowest BCUT2D eigenvalue weighted by Gasteiger charge is -2.26. The maximum Gasteiger partial charge on any atom is 0.243 e. The highest BCUT2D eigenvalue weighted by atomic mass is 32.2.